The predicted molar refractivity (Wildman–Crippen MR) is 73.4 cm³/mol. The van der Waals surface area contributed by atoms with E-state index >= 15 is 0 Å². The summed E-state index contributed by atoms with van der Waals surface area (Å²) in [5.74, 6) is 0. The van der Waals surface area contributed by atoms with Gasteiger partial charge >= 0.3 is 0 Å². The van der Waals surface area contributed by atoms with Gasteiger partial charge in [-0.15, -0.1) is 11.3 Å². The smallest absolute Gasteiger partial charge is 0.107 e. The van der Waals surface area contributed by atoms with Gasteiger partial charge in [-0.1, -0.05) is 13.8 Å². The Hall–Kier alpha value is -0.450. The Balaban J connectivity index is 2.31. The topological polar surface area (TPSA) is 45.2 Å². The van der Waals surface area contributed by atoms with Gasteiger partial charge in [0, 0.05) is 24.6 Å². The van der Waals surface area contributed by atoms with Crippen molar-refractivity contribution in [3.05, 3.63) is 15.6 Å². The fourth-order valence-electron chi connectivity index (χ4n) is 1.77. The predicted octanol–water partition coefficient (Wildman–Crippen LogP) is 2.65. The lowest BCUT2D eigenvalue weighted by molar-refractivity contribution is 0.236. The van der Waals surface area contributed by atoms with E-state index in [1.807, 2.05) is 0 Å². The van der Waals surface area contributed by atoms with Gasteiger partial charge in [-0.3, -0.25) is 0 Å². The van der Waals surface area contributed by atoms with Crippen LogP contribution in [-0.4, -0.2) is 23.2 Å². The van der Waals surface area contributed by atoms with E-state index in [1.165, 1.54) is 4.88 Å². The Labute approximate surface area is 108 Å². The second kappa shape index (κ2) is 6.47. The van der Waals surface area contributed by atoms with Crippen molar-refractivity contribution in [3.8, 4) is 0 Å². The third kappa shape index (κ3) is 5.15. The molecule has 1 aromatic heterocycles. The first-order valence-electron chi connectivity index (χ1n) is 6.19. The van der Waals surface area contributed by atoms with Crippen molar-refractivity contribution in [1.82, 2.24) is 10.3 Å². The third-order valence-corrected chi connectivity index (χ3v) is 4.04. The maximum absolute atomic E-state index is 8.84. The van der Waals surface area contributed by atoms with E-state index in [0.29, 0.717) is 0 Å². The largest absolute Gasteiger partial charge is 0.396 e. The van der Waals surface area contributed by atoms with Crippen molar-refractivity contribution >= 4 is 11.3 Å². The minimum absolute atomic E-state index is 0.240. The SMILES string of the molecule is Cc1nc(CNCC(C)(C)CCCO)sc1C. The number of aliphatic hydroxyl groups excluding tert-OH is 1. The Morgan fingerprint density at radius 1 is 1.35 bits per heavy atom. The molecule has 0 amide bonds. The molecule has 0 saturated heterocycles. The summed E-state index contributed by atoms with van der Waals surface area (Å²) in [7, 11) is 0. The van der Waals surface area contributed by atoms with E-state index < -0.39 is 0 Å². The number of thiazole rings is 1. The fraction of sp³-hybridized carbons (Fsp3) is 0.769. The molecule has 1 heterocycles. The molecule has 0 saturated carbocycles. The first-order valence-corrected chi connectivity index (χ1v) is 7.01. The van der Waals surface area contributed by atoms with Crippen molar-refractivity contribution in [2.24, 2.45) is 5.41 Å². The molecule has 0 fully saturated rings. The lowest BCUT2D eigenvalue weighted by Crippen LogP contribution is -2.29. The lowest BCUT2D eigenvalue weighted by Gasteiger charge is -2.24. The molecule has 2 N–H and O–H groups in total. The molecule has 17 heavy (non-hydrogen) atoms. The van der Waals surface area contributed by atoms with E-state index in [2.05, 4.69) is 38.0 Å². The molecule has 0 bridgehead atoms. The number of hydrogen-bond donors (Lipinski definition) is 2. The summed E-state index contributed by atoms with van der Waals surface area (Å²) in [4.78, 5) is 5.81. The second-order valence-corrected chi connectivity index (χ2v) is 6.63. The molecular weight excluding hydrogens is 232 g/mol. The highest BCUT2D eigenvalue weighted by molar-refractivity contribution is 7.11. The van der Waals surface area contributed by atoms with E-state index in [9.17, 15) is 0 Å². The van der Waals surface area contributed by atoms with Crippen LogP contribution in [0.2, 0.25) is 0 Å². The molecule has 0 radical (unpaired) electrons. The summed E-state index contributed by atoms with van der Waals surface area (Å²) < 4.78 is 0. The minimum Gasteiger partial charge on any atom is -0.396 e. The first-order chi connectivity index (χ1) is 7.94. The van der Waals surface area contributed by atoms with E-state index in [-0.39, 0.29) is 12.0 Å². The zero-order valence-corrected chi connectivity index (χ0v) is 12.2. The van der Waals surface area contributed by atoms with Crippen LogP contribution in [0, 0.1) is 19.3 Å². The number of nitrogens with zero attached hydrogens (tertiary/aromatic N) is 1. The van der Waals surface area contributed by atoms with Crippen LogP contribution in [0.15, 0.2) is 0 Å². The normalized spacial score (nSPS) is 12.1. The van der Waals surface area contributed by atoms with Gasteiger partial charge in [-0.05, 0) is 32.1 Å². The summed E-state index contributed by atoms with van der Waals surface area (Å²) in [6.07, 6.45) is 1.93. The van der Waals surface area contributed by atoms with Crippen molar-refractivity contribution in [1.29, 1.82) is 0 Å². The third-order valence-electron chi connectivity index (χ3n) is 2.96. The van der Waals surface area contributed by atoms with Gasteiger partial charge < -0.3 is 10.4 Å². The highest BCUT2D eigenvalue weighted by atomic mass is 32.1. The number of aliphatic hydroxyl groups is 1. The maximum Gasteiger partial charge on any atom is 0.107 e. The van der Waals surface area contributed by atoms with Crippen LogP contribution in [0.25, 0.3) is 0 Å². The number of nitrogens with one attached hydrogen (secondary N) is 1. The molecule has 0 atom stereocenters. The van der Waals surface area contributed by atoms with Crippen LogP contribution >= 0.6 is 11.3 Å². The van der Waals surface area contributed by atoms with Crippen LogP contribution in [0.5, 0.6) is 0 Å². The van der Waals surface area contributed by atoms with Gasteiger partial charge in [0.25, 0.3) is 0 Å². The molecule has 0 aliphatic rings. The van der Waals surface area contributed by atoms with Crippen LogP contribution in [0.1, 0.15) is 42.3 Å². The van der Waals surface area contributed by atoms with Crippen LogP contribution in [-0.2, 0) is 6.54 Å². The van der Waals surface area contributed by atoms with Crippen molar-refractivity contribution in [2.45, 2.75) is 47.1 Å². The summed E-state index contributed by atoms with van der Waals surface area (Å²) in [6, 6.07) is 0. The monoisotopic (exact) mass is 256 g/mol. The highest BCUT2D eigenvalue weighted by Gasteiger charge is 2.16. The van der Waals surface area contributed by atoms with Gasteiger partial charge in [0.2, 0.25) is 0 Å². The molecule has 98 valence electrons. The second-order valence-electron chi connectivity index (χ2n) is 5.34. The molecule has 0 aliphatic heterocycles. The number of aryl methyl sites for hydroxylation is 2. The van der Waals surface area contributed by atoms with Crippen molar-refractivity contribution < 1.29 is 5.11 Å². The number of hydrogen-bond acceptors (Lipinski definition) is 4. The molecule has 0 aromatic carbocycles. The highest BCUT2D eigenvalue weighted by Crippen LogP contribution is 2.21. The quantitative estimate of drug-likeness (QED) is 0.788. The first kappa shape index (κ1) is 14.6. The molecule has 0 aliphatic carbocycles. The zero-order chi connectivity index (χ0) is 12.9. The maximum atomic E-state index is 8.84. The molecule has 0 spiro atoms. The average molecular weight is 256 g/mol. The van der Waals surface area contributed by atoms with E-state index in [4.69, 9.17) is 5.11 Å². The summed E-state index contributed by atoms with van der Waals surface area (Å²) in [5.41, 5.74) is 1.38. The molecule has 3 nitrogen and oxygen atoms in total. The zero-order valence-electron chi connectivity index (χ0n) is 11.3. The number of aromatic nitrogens is 1. The molecule has 4 heteroatoms. The fourth-order valence-corrected chi connectivity index (χ4v) is 2.67. The van der Waals surface area contributed by atoms with E-state index in [1.54, 1.807) is 11.3 Å². The van der Waals surface area contributed by atoms with Gasteiger partial charge in [-0.25, -0.2) is 4.98 Å². The summed E-state index contributed by atoms with van der Waals surface area (Å²) in [6.45, 7) is 10.7. The van der Waals surface area contributed by atoms with Crippen LogP contribution in [0.4, 0.5) is 0 Å². The van der Waals surface area contributed by atoms with Gasteiger partial charge in [0.1, 0.15) is 5.01 Å². The Morgan fingerprint density at radius 3 is 2.59 bits per heavy atom. The molecule has 1 rings (SSSR count). The van der Waals surface area contributed by atoms with Crippen molar-refractivity contribution in [3.63, 3.8) is 0 Å². The Bertz CT molecular complexity index is 328. The standard InChI is InChI=1S/C13H24N2OS/c1-10-11(2)17-12(15-10)8-14-9-13(3,4)6-5-7-16/h14,16H,5-9H2,1-4H3. The summed E-state index contributed by atoms with van der Waals surface area (Å²) >= 11 is 1.77. The lowest BCUT2D eigenvalue weighted by atomic mass is 9.88. The van der Waals surface area contributed by atoms with E-state index in [0.717, 1.165) is 36.6 Å². The van der Waals surface area contributed by atoms with Crippen LogP contribution < -0.4 is 5.32 Å². The average Bonchev–Trinajstić information content (AvgIpc) is 2.55. The van der Waals surface area contributed by atoms with Crippen LogP contribution in [0.3, 0.4) is 0 Å². The Morgan fingerprint density at radius 2 is 2.06 bits per heavy atom. The van der Waals surface area contributed by atoms with Crippen molar-refractivity contribution in [2.75, 3.05) is 13.2 Å². The van der Waals surface area contributed by atoms with Gasteiger partial charge in [0.15, 0.2) is 0 Å². The summed E-state index contributed by atoms with van der Waals surface area (Å²) in [5, 5.41) is 13.5. The molecule has 0 unspecified atom stereocenters. The molecular formula is C13H24N2OS. The van der Waals surface area contributed by atoms with Gasteiger partial charge in [-0.2, -0.15) is 0 Å². The number of rotatable bonds is 7. The minimum atomic E-state index is 0.240. The molecule has 1 aromatic rings. The van der Waals surface area contributed by atoms with Gasteiger partial charge in [0.05, 0.1) is 5.69 Å². The Kier molecular flexibility index (Phi) is 5.56.